The van der Waals surface area contributed by atoms with Gasteiger partial charge in [-0.25, -0.2) is 0 Å². The smallest absolute Gasteiger partial charge is 0.307 e. The Morgan fingerprint density at radius 2 is 1.53 bits per heavy atom. The number of carbonyl (C=O) groups is 2. The third kappa shape index (κ3) is 6.71. The maximum absolute atomic E-state index is 11.2. The van der Waals surface area contributed by atoms with Gasteiger partial charge in [0, 0.05) is 18.7 Å². The molecular weight excluding hydrogens is 394 g/mol. The van der Waals surface area contributed by atoms with Crippen molar-refractivity contribution in [2.24, 2.45) is 11.7 Å². The average molecular weight is 424 g/mol. The minimum atomic E-state index is -0.852. The van der Waals surface area contributed by atoms with Crippen LogP contribution in [0.1, 0.15) is 43.9 Å². The molecule has 3 atom stereocenters. The Kier molecular flexibility index (Phi) is 9.09. The zero-order chi connectivity index (χ0) is 22.1. The highest BCUT2D eigenvalue weighted by Gasteiger charge is 2.26. The van der Waals surface area contributed by atoms with E-state index in [1.165, 1.54) is 23.3 Å². The predicted molar refractivity (Wildman–Crippen MR) is 126 cm³/mol. The molecule has 0 aliphatic rings. The van der Waals surface area contributed by atoms with Gasteiger partial charge in [0.1, 0.15) is 0 Å². The Hall–Kier alpha value is -2.63. The molecule has 3 unspecified atom stereocenters. The monoisotopic (exact) mass is 423 g/mol. The molecule has 0 heterocycles. The lowest BCUT2D eigenvalue weighted by Crippen LogP contribution is -2.23. The van der Waals surface area contributed by atoms with Crippen LogP contribution in [-0.2, 0) is 9.59 Å². The first-order chi connectivity index (χ1) is 14.3. The number of carboxylic acids is 1. The molecule has 3 aromatic rings. The average Bonchev–Trinajstić information content (AvgIpc) is 2.74. The number of carboxylic acid groups (broad SMARTS) is 1. The summed E-state index contributed by atoms with van der Waals surface area (Å²) in [7, 11) is 0. The van der Waals surface area contributed by atoms with E-state index >= 15 is 0 Å². The van der Waals surface area contributed by atoms with E-state index in [0.717, 1.165) is 17.3 Å². The molecular formula is C25H29NO3S. The van der Waals surface area contributed by atoms with E-state index in [2.05, 4.69) is 30.3 Å². The number of nitrogens with two attached hydrogens (primary N) is 1. The predicted octanol–water partition coefficient (Wildman–Crippen LogP) is 5.63. The van der Waals surface area contributed by atoms with E-state index in [-0.39, 0.29) is 17.1 Å². The molecule has 0 fully saturated rings. The van der Waals surface area contributed by atoms with Crippen molar-refractivity contribution >= 4 is 33.6 Å². The van der Waals surface area contributed by atoms with Gasteiger partial charge in [0.05, 0.1) is 5.92 Å². The molecule has 0 saturated heterocycles. The summed E-state index contributed by atoms with van der Waals surface area (Å²) in [6, 6.07) is 24.2. The van der Waals surface area contributed by atoms with Crippen molar-refractivity contribution in [1.29, 1.82) is 0 Å². The molecule has 3 rings (SSSR count). The maximum atomic E-state index is 11.2. The Balaban J connectivity index is 0.000000220. The van der Waals surface area contributed by atoms with Crippen molar-refractivity contribution in [3.05, 3.63) is 83.9 Å². The standard InChI is InChI=1S/C13H16O3S.C12H13N/c1-9(11-6-4-3-5-7-11)12(13(15)16)8-17-10(2)14;1-9(13)11-8-4-6-10-5-2-3-7-12(10)11/h3-7,9,12H,8H2,1-2H3,(H,15,16);2-9H,13H2,1H3. The van der Waals surface area contributed by atoms with Crippen LogP contribution in [0.25, 0.3) is 10.8 Å². The number of fused-ring (bicyclic) bond motifs is 1. The third-order valence-electron chi connectivity index (χ3n) is 5.03. The second-order valence-corrected chi connectivity index (χ2v) is 8.50. The van der Waals surface area contributed by atoms with E-state index < -0.39 is 11.9 Å². The van der Waals surface area contributed by atoms with Crippen molar-refractivity contribution < 1.29 is 14.7 Å². The van der Waals surface area contributed by atoms with Crippen LogP contribution >= 0.6 is 11.8 Å². The highest BCUT2D eigenvalue weighted by atomic mass is 32.2. The molecule has 3 N–H and O–H groups in total. The molecule has 0 aromatic heterocycles. The molecule has 0 spiro atoms. The van der Waals surface area contributed by atoms with Crippen LogP contribution in [-0.4, -0.2) is 21.9 Å². The van der Waals surface area contributed by atoms with Crippen LogP contribution < -0.4 is 5.73 Å². The normalized spacial score (nSPS) is 13.6. The fraction of sp³-hybridized carbons (Fsp3) is 0.280. The number of benzene rings is 3. The highest BCUT2D eigenvalue weighted by molar-refractivity contribution is 8.13. The first kappa shape index (κ1) is 23.6. The molecule has 158 valence electrons. The van der Waals surface area contributed by atoms with Crippen molar-refractivity contribution in [2.45, 2.75) is 32.7 Å². The van der Waals surface area contributed by atoms with Crippen LogP contribution in [0.2, 0.25) is 0 Å². The summed E-state index contributed by atoms with van der Waals surface area (Å²) in [5.74, 6) is -1.16. The first-order valence-corrected chi connectivity index (χ1v) is 10.9. The Morgan fingerprint density at radius 1 is 0.933 bits per heavy atom. The van der Waals surface area contributed by atoms with Gasteiger partial charge >= 0.3 is 5.97 Å². The molecule has 0 saturated carbocycles. The molecule has 0 aliphatic carbocycles. The molecule has 0 aliphatic heterocycles. The number of hydrogen-bond acceptors (Lipinski definition) is 4. The highest BCUT2D eigenvalue weighted by Crippen LogP contribution is 2.27. The van der Waals surface area contributed by atoms with Crippen molar-refractivity contribution in [3.8, 4) is 0 Å². The zero-order valence-corrected chi connectivity index (χ0v) is 18.4. The lowest BCUT2D eigenvalue weighted by molar-refractivity contribution is -0.141. The minimum Gasteiger partial charge on any atom is -0.481 e. The fourth-order valence-electron chi connectivity index (χ4n) is 3.27. The summed E-state index contributed by atoms with van der Waals surface area (Å²) in [6.45, 7) is 5.35. The van der Waals surface area contributed by atoms with Gasteiger partial charge in [-0.2, -0.15) is 0 Å². The van der Waals surface area contributed by atoms with Crippen molar-refractivity contribution in [1.82, 2.24) is 0 Å². The molecule has 0 bridgehead atoms. The van der Waals surface area contributed by atoms with Gasteiger partial charge in [0.15, 0.2) is 5.12 Å². The van der Waals surface area contributed by atoms with E-state index in [4.69, 9.17) is 5.73 Å². The number of carbonyl (C=O) groups excluding carboxylic acids is 1. The molecule has 30 heavy (non-hydrogen) atoms. The molecule has 3 aromatic carbocycles. The van der Waals surface area contributed by atoms with Crippen LogP contribution in [0.5, 0.6) is 0 Å². The second-order valence-electron chi connectivity index (χ2n) is 7.30. The van der Waals surface area contributed by atoms with Crippen LogP contribution in [0.3, 0.4) is 0 Å². The van der Waals surface area contributed by atoms with E-state index in [1.54, 1.807) is 0 Å². The third-order valence-corrected chi connectivity index (χ3v) is 5.96. The summed E-state index contributed by atoms with van der Waals surface area (Å²) >= 11 is 1.07. The van der Waals surface area contributed by atoms with Gasteiger partial charge < -0.3 is 10.8 Å². The first-order valence-electron chi connectivity index (χ1n) is 9.95. The van der Waals surface area contributed by atoms with Gasteiger partial charge in [0.2, 0.25) is 0 Å². The van der Waals surface area contributed by atoms with E-state index in [9.17, 15) is 14.7 Å². The topological polar surface area (TPSA) is 80.4 Å². The van der Waals surface area contributed by atoms with Crippen LogP contribution in [0, 0.1) is 5.92 Å². The number of thioether (sulfide) groups is 1. The second kappa shape index (κ2) is 11.5. The van der Waals surface area contributed by atoms with E-state index in [1.807, 2.05) is 56.3 Å². The van der Waals surface area contributed by atoms with Gasteiger partial charge in [-0.1, -0.05) is 91.5 Å². The quantitative estimate of drug-likeness (QED) is 0.537. The zero-order valence-electron chi connectivity index (χ0n) is 17.6. The summed E-state index contributed by atoms with van der Waals surface area (Å²) in [4.78, 5) is 22.1. The summed E-state index contributed by atoms with van der Waals surface area (Å²) in [5.41, 5.74) is 8.09. The summed E-state index contributed by atoms with van der Waals surface area (Å²) < 4.78 is 0. The van der Waals surface area contributed by atoms with Gasteiger partial charge in [-0.05, 0) is 34.7 Å². The van der Waals surface area contributed by atoms with Crippen molar-refractivity contribution in [3.63, 3.8) is 0 Å². The lowest BCUT2D eigenvalue weighted by atomic mass is 9.89. The van der Waals surface area contributed by atoms with Crippen LogP contribution in [0.4, 0.5) is 0 Å². The SMILES string of the molecule is CC(=O)SCC(C(=O)O)C(C)c1ccccc1.CC(N)c1cccc2ccccc12. The van der Waals surface area contributed by atoms with E-state index in [0.29, 0.717) is 5.75 Å². The van der Waals surface area contributed by atoms with Gasteiger partial charge in [0.25, 0.3) is 0 Å². The van der Waals surface area contributed by atoms with Gasteiger partial charge in [-0.15, -0.1) is 0 Å². The lowest BCUT2D eigenvalue weighted by Gasteiger charge is -2.19. The van der Waals surface area contributed by atoms with Gasteiger partial charge in [-0.3, -0.25) is 9.59 Å². The molecule has 0 amide bonds. The largest absolute Gasteiger partial charge is 0.481 e. The number of rotatable bonds is 6. The maximum Gasteiger partial charge on any atom is 0.307 e. The summed E-state index contributed by atoms with van der Waals surface area (Å²) in [5, 5.41) is 11.7. The Labute approximate surface area is 182 Å². The fourth-order valence-corrected chi connectivity index (χ4v) is 4.12. The van der Waals surface area contributed by atoms with Crippen molar-refractivity contribution in [2.75, 3.05) is 5.75 Å². The Morgan fingerprint density at radius 3 is 2.13 bits per heavy atom. The molecule has 4 nitrogen and oxygen atoms in total. The molecule has 5 heteroatoms. The van der Waals surface area contributed by atoms with Crippen LogP contribution in [0.15, 0.2) is 72.8 Å². The Bertz CT molecular complexity index is 967. The number of hydrogen-bond donors (Lipinski definition) is 2. The molecule has 0 radical (unpaired) electrons. The number of aliphatic carboxylic acids is 1. The summed E-state index contributed by atoms with van der Waals surface area (Å²) in [6.07, 6.45) is 0. The minimum absolute atomic E-state index is 0.0449.